The Bertz CT molecular complexity index is 214. The lowest BCUT2D eigenvalue weighted by Gasteiger charge is -2.57. The van der Waals surface area contributed by atoms with Gasteiger partial charge in [-0.1, -0.05) is 0 Å². The molecular formula is C13H22O2. The molecule has 4 bridgehead atoms. The second-order valence-corrected chi connectivity index (χ2v) is 6.46. The van der Waals surface area contributed by atoms with E-state index in [9.17, 15) is 5.11 Å². The van der Waals surface area contributed by atoms with Gasteiger partial charge in [-0.05, 0) is 68.1 Å². The first kappa shape index (κ1) is 10.1. The average Bonchev–Trinajstić information content (AvgIpc) is 2.14. The summed E-state index contributed by atoms with van der Waals surface area (Å²) in [5.74, 6) is 2.84. The molecule has 2 heteroatoms. The number of aliphatic hydroxyl groups excluding tert-OH is 2. The number of aliphatic hydroxyl groups is 2. The van der Waals surface area contributed by atoms with Crippen molar-refractivity contribution in [3.05, 3.63) is 0 Å². The molecule has 4 aliphatic carbocycles. The Kier molecular flexibility index (Phi) is 2.33. The fraction of sp³-hybridized carbons (Fsp3) is 1.00. The second-order valence-electron chi connectivity index (χ2n) is 6.46. The lowest BCUT2D eigenvalue weighted by atomic mass is 9.48. The van der Waals surface area contributed by atoms with Crippen molar-refractivity contribution >= 4 is 0 Å². The predicted molar refractivity (Wildman–Crippen MR) is 58.3 cm³/mol. The third-order valence-corrected chi connectivity index (χ3v) is 5.04. The quantitative estimate of drug-likeness (QED) is 0.747. The van der Waals surface area contributed by atoms with E-state index in [4.69, 9.17) is 5.11 Å². The topological polar surface area (TPSA) is 40.5 Å². The van der Waals surface area contributed by atoms with Gasteiger partial charge in [0.1, 0.15) is 0 Å². The summed E-state index contributed by atoms with van der Waals surface area (Å²) in [6.45, 7) is -0.0538. The van der Waals surface area contributed by atoms with Crippen LogP contribution in [0.2, 0.25) is 0 Å². The van der Waals surface area contributed by atoms with Gasteiger partial charge in [0.15, 0.2) is 0 Å². The highest BCUT2D eigenvalue weighted by Crippen LogP contribution is 2.61. The smallest absolute Gasteiger partial charge is 0.0776 e. The van der Waals surface area contributed by atoms with Gasteiger partial charge in [0.2, 0.25) is 0 Å². The Hall–Kier alpha value is -0.0800. The minimum Gasteiger partial charge on any atom is -0.394 e. The van der Waals surface area contributed by atoms with Crippen molar-refractivity contribution < 1.29 is 10.2 Å². The van der Waals surface area contributed by atoms with Crippen LogP contribution >= 0.6 is 0 Å². The molecule has 0 aromatic carbocycles. The highest BCUT2D eigenvalue weighted by Gasteiger charge is 2.51. The zero-order chi connectivity index (χ0) is 10.5. The van der Waals surface area contributed by atoms with Gasteiger partial charge in [-0.3, -0.25) is 0 Å². The fourth-order valence-electron chi connectivity index (χ4n) is 5.10. The summed E-state index contributed by atoms with van der Waals surface area (Å²) in [4.78, 5) is 0. The van der Waals surface area contributed by atoms with E-state index >= 15 is 0 Å². The Labute approximate surface area is 91.7 Å². The van der Waals surface area contributed by atoms with E-state index in [1.54, 1.807) is 0 Å². The molecule has 1 unspecified atom stereocenters. The molecule has 0 aliphatic heterocycles. The molecule has 4 aliphatic rings. The lowest BCUT2D eigenvalue weighted by molar-refractivity contribution is -0.0815. The molecule has 0 heterocycles. The van der Waals surface area contributed by atoms with E-state index in [2.05, 4.69) is 0 Å². The van der Waals surface area contributed by atoms with Crippen molar-refractivity contribution in [3.63, 3.8) is 0 Å². The van der Waals surface area contributed by atoms with Crippen LogP contribution in [0.4, 0.5) is 0 Å². The van der Waals surface area contributed by atoms with Crippen molar-refractivity contribution in [3.8, 4) is 0 Å². The molecule has 4 rings (SSSR count). The van der Waals surface area contributed by atoms with E-state index in [0.717, 1.165) is 24.2 Å². The Balaban J connectivity index is 1.75. The summed E-state index contributed by atoms with van der Waals surface area (Å²) in [7, 11) is 0. The summed E-state index contributed by atoms with van der Waals surface area (Å²) in [6, 6.07) is 0. The predicted octanol–water partition coefficient (Wildman–Crippen LogP) is 1.95. The van der Waals surface area contributed by atoms with Crippen LogP contribution in [-0.4, -0.2) is 22.9 Å². The number of rotatable bonds is 3. The maximum absolute atomic E-state index is 9.67. The number of hydrogen-bond acceptors (Lipinski definition) is 2. The van der Waals surface area contributed by atoms with Crippen LogP contribution < -0.4 is 0 Å². The average molecular weight is 210 g/mol. The van der Waals surface area contributed by atoms with Gasteiger partial charge in [-0.25, -0.2) is 0 Å². The first-order valence-corrected chi connectivity index (χ1v) is 6.48. The van der Waals surface area contributed by atoms with Crippen LogP contribution in [0.3, 0.4) is 0 Å². The van der Waals surface area contributed by atoms with Gasteiger partial charge in [-0.2, -0.15) is 0 Å². The van der Waals surface area contributed by atoms with Crippen molar-refractivity contribution in [2.24, 2.45) is 23.2 Å². The standard InChI is InChI=1S/C13H22O2/c14-8-12(15)7-13-4-9-1-10(5-13)3-11(2-9)6-13/h9-12,14-15H,1-8H2. The summed E-state index contributed by atoms with van der Waals surface area (Å²) in [5.41, 5.74) is 0.414. The van der Waals surface area contributed by atoms with Crippen molar-refractivity contribution in [2.45, 2.75) is 51.0 Å². The molecule has 86 valence electrons. The third-order valence-electron chi connectivity index (χ3n) is 5.04. The highest BCUT2D eigenvalue weighted by molar-refractivity contribution is 5.01. The summed E-state index contributed by atoms with van der Waals surface area (Å²) in [5, 5.41) is 18.7. The molecule has 2 nitrogen and oxygen atoms in total. The van der Waals surface area contributed by atoms with Crippen LogP contribution in [0.5, 0.6) is 0 Å². The monoisotopic (exact) mass is 210 g/mol. The molecule has 2 N–H and O–H groups in total. The van der Waals surface area contributed by atoms with E-state index in [0.29, 0.717) is 5.41 Å². The van der Waals surface area contributed by atoms with Gasteiger partial charge in [0.05, 0.1) is 12.7 Å². The molecule has 4 saturated carbocycles. The molecule has 0 aromatic rings. The fourth-order valence-corrected chi connectivity index (χ4v) is 5.10. The maximum atomic E-state index is 9.67. The first-order chi connectivity index (χ1) is 7.19. The van der Waals surface area contributed by atoms with Crippen LogP contribution in [-0.2, 0) is 0 Å². The zero-order valence-corrected chi connectivity index (χ0v) is 9.36. The maximum Gasteiger partial charge on any atom is 0.0776 e. The van der Waals surface area contributed by atoms with E-state index in [1.165, 1.54) is 38.5 Å². The molecule has 0 saturated heterocycles. The highest BCUT2D eigenvalue weighted by atomic mass is 16.3. The van der Waals surface area contributed by atoms with Crippen molar-refractivity contribution in [1.29, 1.82) is 0 Å². The largest absolute Gasteiger partial charge is 0.394 e. The van der Waals surface area contributed by atoms with Crippen molar-refractivity contribution in [2.75, 3.05) is 6.61 Å². The Morgan fingerprint density at radius 3 is 1.87 bits per heavy atom. The van der Waals surface area contributed by atoms with Gasteiger partial charge in [0, 0.05) is 0 Å². The molecule has 0 radical (unpaired) electrons. The van der Waals surface area contributed by atoms with E-state index in [-0.39, 0.29) is 6.61 Å². The molecule has 4 fully saturated rings. The zero-order valence-electron chi connectivity index (χ0n) is 9.36. The number of hydrogen-bond donors (Lipinski definition) is 2. The summed E-state index contributed by atoms with van der Waals surface area (Å²) >= 11 is 0. The van der Waals surface area contributed by atoms with Gasteiger partial charge < -0.3 is 10.2 Å². The van der Waals surface area contributed by atoms with Gasteiger partial charge in [-0.15, -0.1) is 0 Å². The van der Waals surface area contributed by atoms with Crippen molar-refractivity contribution in [1.82, 2.24) is 0 Å². The normalized spacial score (nSPS) is 49.6. The molecular weight excluding hydrogens is 188 g/mol. The Morgan fingerprint density at radius 1 is 1.00 bits per heavy atom. The first-order valence-electron chi connectivity index (χ1n) is 6.48. The summed E-state index contributed by atoms with van der Waals surface area (Å²) < 4.78 is 0. The molecule has 0 spiro atoms. The van der Waals surface area contributed by atoms with Gasteiger partial charge >= 0.3 is 0 Å². The minimum absolute atomic E-state index is 0.0538. The molecule has 15 heavy (non-hydrogen) atoms. The third kappa shape index (κ3) is 1.72. The second kappa shape index (κ2) is 3.46. The van der Waals surface area contributed by atoms with E-state index in [1.807, 2.05) is 0 Å². The lowest BCUT2D eigenvalue weighted by Crippen LogP contribution is -2.47. The molecule has 1 atom stereocenters. The molecule has 0 aromatic heterocycles. The molecule has 0 amide bonds. The van der Waals surface area contributed by atoms with Crippen LogP contribution in [0.1, 0.15) is 44.9 Å². The van der Waals surface area contributed by atoms with Crippen LogP contribution in [0.15, 0.2) is 0 Å². The van der Waals surface area contributed by atoms with Gasteiger partial charge in [0.25, 0.3) is 0 Å². The summed E-state index contributed by atoms with van der Waals surface area (Å²) in [6.07, 6.45) is 8.73. The Morgan fingerprint density at radius 2 is 1.47 bits per heavy atom. The van der Waals surface area contributed by atoms with E-state index < -0.39 is 6.10 Å². The minimum atomic E-state index is -0.471. The van der Waals surface area contributed by atoms with Crippen LogP contribution in [0.25, 0.3) is 0 Å². The SMILES string of the molecule is OCC(O)CC12CC3CC(CC(C3)C1)C2. The van der Waals surface area contributed by atoms with Crippen LogP contribution in [0, 0.1) is 23.2 Å².